The van der Waals surface area contributed by atoms with E-state index in [9.17, 15) is 14.0 Å². The number of carbonyl (C=O) groups is 2. The number of anilines is 1. The molecule has 0 fully saturated rings. The molecule has 0 aliphatic carbocycles. The molecule has 0 aliphatic heterocycles. The molecule has 0 saturated carbocycles. The second-order valence-electron chi connectivity index (χ2n) is 3.29. The highest BCUT2D eigenvalue weighted by molar-refractivity contribution is 5.91. The molecule has 2 N–H and O–H groups in total. The van der Waals surface area contributed by atoms with Gasteiger partial charge in [0.25, 0.3) is 0 Å². The topological polar surface area (TPSA) is 58.2 Å². The third-order valence-corrected chi connectivity index (χ3v) is 1.85. The molecule has 0 saturated heterocycles. The third kappa shape index (κ3) is 4.54. The Bertz CT molecular complexity index is 376. The fourth-order valence-electron chi connectivity index (χ4n) is 1.11. The van der Waals surface area contributed by atoms with E-state index in [1.54, 1.807) is 0 Å². The van der Waals surface area contributed by atoms with Crippen LogP contribution >= 0.6 is 0 Å². The summed E-state index contributed by atoms with van der Waals surface area (Å²) in [4.78, 5) is 21.9. The van der Waals surface area contributed by atoms with Crippen LogP contribution in [0.1, 0.15) is 13.3 Å². The van der Waals surface area contributed by atoms with Crippen LogP contribution in [0.2, 0.25) is 0 Å². The van der Waals surface area contributed by atoms with Crippen molar-refractivity contribution in [3.63, 3.8) is 0 Å². The zero-order valence-corrected chi connectivity index (χ0v) is 8.92. The van der Waals surface area contributed by atoms with E-state index in [1.807, 2.05) is 0 Å². The number of carbonyl (C=O) groups excluding carboxylic acids is 2. The van der Waals surface area contributed by atoms with Gasteiger partial charge in [0.15, 0.2) is 0 Å². The molecule has 0 aromatic heterocycles. The first kappa shape index (κ1) is 12.2. The molecule has 0 unspecified atom stereocenters. The van der Waals surface area contributed by atoms with Gasteiger partial charge in [-0.2, -0.15) is 0 Å². The van der Waals surface area contributed by atoms with Crippen molar-refractivity contribution in [2.75, 3.05) is 11.9 Å². The van der Waals surface area contributed by atoms with E-state index in [0.717, 1.165) is 0 Å². The summed E-state index contributed by atoms with van der Waals surface area (Å²) in [6, 6.07) is 5.49. The Hall–Kier alpha value is -1.91. The molecular weight excluding hydrogens is 211 g/mol. The molecule has 1 aromatic rings. The van der Waals surface area contributed by atoms with Crippen LogP contribution in [-0.2, 0) is 9.59 Å². The molecule has 86 valence electrons. The number of amides is 2. The van der Waals surface area contributed by atoms with E-state index in [2.05, 4.69) is 10.6 Å². The van der Waals surface area contributed by atoms with Gasteiger partial charge in [0, 0.05) is 25.6 Å². The summed E-state index contributed by atoms with van der Waals surface area (Å²) >= 11 is 0. The van der Waals surface area contributed by atoms with Gasteiger partial charge in [0.1, 0.15) is 5.82 Å². The zero-order chi connectivity index (χ0) is 12.0. The van der Waals surface area contributed by atoms with Gasteiger partial charge < -0.3 is 10.6 Å². The molecule has 4 nitrogen and oxygen atoms in total. The number of halogens is 1. The van der Waals surface area contributed by atoms with Gasteiger partial charge in [-0.1, -0.05) is 0 Å². The van der Waals surface area contributed by atoms with Crippen LogP contribution < -0.4 is 10.6 Å². The van der Waals surface area contributed by atoms with E-state index in [4.69, 9.17) is 0 Å². The lowest BCUT2D eigenvalue weighted by molar-refractivity contribution is -0.119. The summed E-state index contributed by atoms with van der Waals surface area (Å²) < 4.78 is 12.6. The van der Waals surface area contributed by atoms with Gasteiger partial charge in [-0.25, -0.2) is 4.39 Å². The molecule has 0 aliphatic rings. The molecule has 0 atom stereocenters. The summed E-state index contributed by atoms with van der Waals surface area (Å²) in [6.07, 6.45) is 0.191. The number of nitrogens with one attached hydrogen (secondary N) is 2. The second-order valence-corrected chi connectivity index (χ2v) is 3.29. The summed E-state index contributed by atoms with van der Waals surface area (Å²) in [5, 5.41) is 5.10. The third-order valence-electron chi connectivity index (χ3n) is 1.85. The smallest absolute Gasteiger partial charge is 0.226 e. The first-order chi connectivity index (χ1) is 7.58. The number of hydrogen-bond acceptors (Lipinski definition) is 2. The first-order valence-corrected chi connectivity index (χ1v) is 4.88. The van der Waals surface area contributed by atoms with E-state index in [-0.39, 0.29) is 24.1 Å². The summed E-state index contributed by atoms with van der Waals surface area (Å²) in [5.41, 5.74) is 0.536. The van der Waals surface area contributed by atoms with Gasteiger partial charge in [-0.3, -0.25) is 9.59 Å². The van der Waals surface area contributed by atoms with Gasteiger partial charge in [0.05, 0.1) is 0 Å². The summed E-state index contributed by atoms with van der Waals surface area (Å²) in [6.45, 7) is 1.68. The quantitative estimate of drug-likeness (QED) is 0.809. The average Bonchev–Trinajstić information content (AvgIpc) is 2.21. The molecule has 16 heavy (non-hydrogen) atoms. The van der Waals surface area contributed by atoms with Crippen molar-refractivity contribution in [1.29, 1.82) is 0 Å². The normalized spacial score (nSPS) is 9.62. The van der Waals surface area contributed by atoms with E-state index >= 15 is 0 Å². The van der Waals surface area contributed by atoms with Crippen molar-refractivity contribution in [2.24, 2.45) is 0 Å². The van der Waals surface area contributed by atoms with Gasteiger partial charge in [-0.15, -0.1) is 0 Å². The van der Waals surface area contributed by atoms with Crippen molar-refractivity contribution in [3.05, 3.63) is 30.1 Å². The van der Waals surface area contributed by atoms with Crippen LogP contribution in [0.4, 0.5) is 10.1 Å². The van der Waals surface area contributed by atoms with Gasteiger partial charge in [-0.05, 0) is 24.3 Å². The number of rotatable bonds is 4. The Morgan fingerprint density at radius 3 is 2.44 bits per heavy atom. The SMILES string of the molecule is CC(=O)NCCC(=O)Nc1ccc(F)cc1. The highest BCUT2D eigenvalue weighted by Crippen LogP contribution is 2.08. The monoisotopic (exact) mass is 224 g/mol. The van der Waals surface area contributed by atoms with E-state index in [0.29, 0.717) is 12.2 Å². The van der Waals surface area contributed by atoms with Gasteiger partial charge in [0.2, 0.25) is 11.8 Å². The Labute approximate surface area is 92.8 Å². The minimum atomic E-state index is -0.351. The molecule has 0 bridgehead atoms. The molecule has 1 rings (SSSR count). The number of benzene rings is 1. The molecular formula is C11H13FN2O2. The van der Waals surface area contributed by atoms with E-state index in [1.165, 1.54) is 31.2 Å². The van der Waals surface area contributed by atoms with Crippen LogP contribution in [0.25, 0.3) is 0 Å². The van der Waals surface area contributed by atoms with Crippen molar-refractivity contribution >= 4 is 17.5 Å². The standard InChI is InChI=1S/C11H13FN2O2/c1-8(15)13-7-6-11(16)14-10-4-2-9(12)3-5-10/h2-5H,6-7H2,1H3,(H,13,15)(H,14,16). The molecule has 5 heteroatoms. The van der Waals surface area contributed by atoms with Crippen molar-refractivity contribution < 1.29 is 14.0 Å². The van der Waals surface area contributed by atoms with Gasteiger partial charge >= 0.3 is 0 Å². The Balaban J connectivity index is 2.34. The molecule has 0 heterocycles. The maximum atomic E-state index is 12.6. The van der Waals surface area contributed by atoms with Crippen molar-refractivity contribution in [3.8, 4) is 0 Å². The highest BCUT2D eigenvalue weighted by Gasteiger charge is 2.02. The molecule has 1 aromatic carbocycles. The maximum absolute atomic E-state index is 12.6. The Morgan fingerprint density at radius 2 is 1.88 bits per heavy atom. The lowest BCUT2D eigenvalue weighted by Gasteiger charge is -2.05. The van der Waals surface area contributed by atoms with Crippen molar-refractivity contribution in [1.82, 2.24) is 5.32 Å². The van der Waals surface area contributed by atoms with Crippen LogP contribution in [0, 0.1) is 5.82 Å². The summed E-state index contributed by atoms with van der Waals surface area (Å²) in [7, 11) is 0. The van der Waals surface area contributed by atoms with Crippen molar-refractivity contribution in [2.45, 2.75) is 13.3 Å². The summed E-state index contributed by atoms with van der Waals surface area (Å²) in [5.74, 6) is -0.744. The minimum Gasteiger partial charge on any atom is -0.356 e. The predicted octanol–water partition coefficient (Wildman–Crippen LogP) is 1.29. The molecule has 0 radical (unpaired) electrons. The Kier molecular flexibility index (Phi) is 4.44. The second kappa shape index (κ2) is 5.85. The highest BCUT2D eigenvalue weighted by atomic mass is 19.1. The number of hydrogen-bond donors (Lipinski definition) is 2. The molecule has 2 amide bonds. The van der Waals surface area contributed by atoms with E-state index < -0.39 is 0 Å². The Morgan fingerprint density at radius 1 is 1.25 bits per heavy atom. The predicted molar refractivity (Wildman–Crippen MR) is 58.3 cm³/mol. The van der Waals surface area contributed by atoms with Crippen LogP contribution in [0.3, 0.4) is 0 Å². The maximum Gasteiger partial charge on any atom is 0.226 e. The van der Waals surface area contributed by atoms with Crippen LogP contribution in [-0.4, -0.2) is 18.4 Å². The minimum absolute atomic E-state index is 0.172. The van der Waals surface area contributed by atoms with Crippen LogP contribution in [0.5, 0.6) is 0 Å². The average molecular weight is 224 g/mol. The lowest BCUT2D eigenvalue weighted by Crippen LogP contribution is -2.25. The lowest BCUT2D eigenvalue weighted by atomic mass is 10.3. The fraction of sp³-hybridized carbons (Fsp3) is 0.273. The first-order valence-electron chi connectivity index (χ1n) is 4.88. The fourth-order valence-corrected chi connectivity index (χ4v) is 1.11. The molecule has 0 spiro atoms. The largest absolute Gasteiger partial charge is 0.356 e. The zero-order valence-electron chi connectivity index (χ0n) is 8.92. The van der Waals surface area contributed by atoms with Crippen LogP contribution in [0.15, 0.2) is 24.3 Å².